The number of rotatable bonds is 22. The Balaban J connectivity index is 1.66. The van der Waals surface area contributed by atoms with Gasteiger partial charge in [0, 0.05) is 21.9 Å². The normalized spacial score (nSPS) is 15.0. The van der Waals surface area contributed by atoms with Crippen LogP contribution >= 0.6 is 0 Å². The molecule has 0 aliphatic rings. The van der Waals surface area contributed by atoms with Crippen LogP contribution in [0.4, 0.5) is 158 Å². The van der Waals surface area contributed by atoms with Gasteiger partial charge in [0.25, 0.3) is 0 Å². The van der Waals surface area contributed by atoms with E-state index in [0.29, 0.717) is 36.4 Å². The van der Waals surface area contributed by atoms with Gasteiger partial charge in [-0.15, -0.1) is 9.97 Å². The van der Waals surface area contributed by atoms with Gasteiger partial charge < -0.3 is 23.4 Å². The summed E-state index contributed by atoms with van der Waals surface area (Å²) in [5.74, 6) is -90.8. The van der Waals surface area contributed by atoms with E-state index in [-0.39, 0.29) is 0 Å². The molecule has 0 saturated carbocycles. The Bertz CT molecular complexity index is 2890. The molecule has 5 rings (SSSR count). The molecule has 2 aromatic carbocycles. The van der Waals surface area contributed by atoms with Crippen molar-refractivity contribution in [2.24, 2.45) is 0 Å². The predicted octanol–water partition coefficient (Wildman–Crippen LogP) is 14.7. The van der Waals surface area contributed by atoms with Gasteiger partial charge in [0.15, 0.2) is 38.1 Å². The molecule has 0 atom stereocenters. The molecule has 3 heterocycles. The van der Waals surface area contributed by atoms with Gasteiger partial charge in [-0.1, -0.05) is 0 Å². The Kier molecular flexibility index (Phi) is 16.8. The lowest BCUT2D eigenvalue weighted by Gasteiger charge is -2.33. The quantitative estimate of drug-likeness (QED) is 0.0615. The van der Waals surface area contributed by atoms with E-state index in [4.69, 9.17) is 4.42 Å². The van der Waals surface area contributed by atoms with Crippen LogP contribution in [0.25, 0.3) is 44.7 Å². The van der Waals surface area contributed by atoms with Crippen molar-refractivity contribution >= 4 is 21.9 Å². The molecule has 0 unspecified atom stereocenters. The lowest BCUT2D eigenvalue weighted by Crippen LogP contribution is -2.62. The second-order valence-electron chi connectivity index (χ2n) is 16.5. The number of benzene rings is 2. The molecule has 0 amide bonds. The van der Waals surface area contributed by atoms with Crippen LogP contribution in [0.5, 0.6) is 24.0 Å². The second-order valence-corrected chi connectivity index (χ2v) is 16.5. The van der Waals surface area contributed by atoms with Gasteiger partial charge in [-0.25, -0.2) is 0 Å². The molecule has 0 aliphatic carbocycles. The van der Waals surface area contributed by atoms with Crippen LogP contribution in [0.1, 0.15) is 0 Å². The molecule has 0 N–H and O–H groups in total. The maximum absolute atomic E-state index is 14.4. The number of furan rings is 1. The largest absolute Gasteiger partial charge is 0.460 e. The molecule has 478 valence electrons. The fourth-order valence-corrected chi connectivity index (χ4v) is 5.86. The van der Waals surface area contributed by atoms with Gasteiger partial charge >= 0.3 is 120 Å². The molecule has 5 aromatic rings. The monoisotopic (exact) mass is 1320 g/mol. The molecule has 0 spiro atoms. The summed E-state index contributed by atoms with van der Waals surface area (Å²) in [7, 11) is 0. The number of alkyl halides is 36. The molecule has 85 heavy (non-hydrogen) atoms. The van der Waals surface area contributed by atoms with Gasteiger partial charge in [-0.2, -0.15) is 178 Å². The summed E-state index contributed by atoms with van der Waals surface area (Å²) >= 11 is 0. The Morgan fingerprint density at radius 3 is 0.659 bits per heavy atom. The number of fused-ring (bicyclic) bond motifs is 3. The van der Waals surface area contributed by atoms with Gasteiger partial charge in [-0.3, -0.25) is 0 Å². The van der Waals surface area contributed by atoms with Crippen molar-refractivity contribution in [1.82, 2.24) is 29.9 Å². The van der Waals surface area contributed by atoms with Crippen LogP contribution in [0.15, 0.2) is 40.8 Å². The van der Waals surface area contributed by atoms with Gasteiger partial charge in [-0.05, 0) is 36.4 Å². The third-order valence-electron chi connectivity index (χ3n) is 10.5. The van der Waals surface area contributed by atoms with Crippen molar-refractivity contribution < 1.29 is 181 Å². The average Bonchev–Trinajstić information content (AvgIpc) is 1.87. The van der Waals surface area contributed by atoms with E-state index in [0.717, 1.165) is 0 Å². The first kappa shape index (κ1) is 68.7. The molecule has 0 aliphatic heterocycles. The Morgan fingerprint density at radius 2 is 0.471 bits per heavy atom. The maximum atomic E-state index is 14.4. The molecule has 3 aromatic heterocycles. The van der Waals surface area contributed by atoms with Crippen LogP contribution in [-0.2, 0) is 0 Å². The van der Waals surface area contributed by atoms with E-state index in [2.05, 4.69) is 48.9 Å². The van der Waals surface area contributed by atoms with Crippen molar-refractivity contribution in [2.75, 3.05) is 26.4 Å². The lowest BCUT2D eigenvalue weighted by molar-refractivity contribution is -0.398. The molecular formula is C38H14F36N6O5. The van der Waals surface area contributed by atoms with Crippen molar-refractivity contribution in [1.29, 1.82) is 0 Å². The average molecular weight is 1320 g/mol. The number of nitrogens with zero attached hydrogens (tertiary/aromatic N) is 6. The first-order chi connectivity index (χ1) is 37.7. The zero-order valence-corrected chi connectivity index (χ0v) is 38.6. The van der Waals surface area contributed by atoms with Crippen LogP contribution in [0.3, 0.4) is 0 Å². The Labute approximate surface area is 439 Å². The fourth-order valence-electron chi connectivity index (χ4n) is 5.86. The number of aromatic nitrogens is 6. The standard InChI is InChI=1S/C38H14F36N6O5/c39-23(40,27(47,48)31(55,56)35(63,64)65)7-81-19-75-17(76-20(79-19)82-8-24(41,42)28(49,50)32(57,58)36(66,67)68)11-1-3-15-13(5-11)14-6-12(2-4-16(14)85-15)18-77-21(83-9-25(43,44)29(51,52)33(59,60)37(69,70)71)80-22(78-18)84-10-26(45,46)30(53,54)34(61,62)38(72,73)74/h1-6H,7-10H2. The van der Waals surface area contributed by atoms with E-state index < -0.39 is 191 Å². The summed E-state index contributed by atoms with van der Waals surface area (Å²) in [6, 6.07) is -5.54. The van der Waals surface area contributed by atoms with Crippen molar-refractivity contribution in [3.8, 4) is 46.8 Å². The first-order valence-electron chi connectivity index (χ1n) is 20.5. The molecule has 11 nitrogen and oxygen atoms in total. The third kappa shape index (κ3) is 11.9. The van der Waals surface area contributed by atoms with E-state index in [1.807, 2.05) is 0 Å². The Hall–Kier alpha value is -7.06. The number of hydrogen-bond donors (Lipinski definition) is 0. The molecular weight excluding hydrogens is 1300 g/mol. The number of halogens is 36. The lowest BCUT2D eigenvalue weighted by atomic mass is 10.0. The van der Waals surface area contributed by atoms with Crippen molar-refractivity contribution in [3.63, 3.8) is 0 Å². The SMILES string of the molecule is FC(F)(F)C(F)(F)C(F)(F)C(F)(F)COc1nc(OCC(F)(F)C(F)(F)C(F)(F)C(F)(F)F)nc(-c2ccc3oc4ccc(-c5nc(OCC(F)(F)C(F)(F)C(F)(F)C(F)(F)F)nc(OCC(F)(F)C(F)(F)C(F)(F)C(F)(F)F)n5)cc4c3c2)n1. The highest BCUT2D eigenvalue weighted by Gasteiger charge is 2.85. The van der Waals surface area contributed by atoms with E-state index in [1.54, 1.807) is 0 Å². The molecule has 47 heteroatoms. The highest BCUT2D eigenvalue weighted by Crippen LogP contribution is 2.57. The summed E-state index contributed by atoms with van der Waals surface area (Å²) in [5, 5.41) is -1.27. The van der Waals surface area contributed by atoms with E-state index in [9.17, 15) is 158 Å². The van der Waals surface area contributed by atoms with Crippen molar-refractivity contribution in [2.45, 2.75) is 95.8 Å². The maximum Gasteiger partial charge on any atom is 0.460 e. The second kappa shape index (κ2) is 20.8. The van der Waals surface area contributed by atoms with Gasteiger partial charge in [0.1, 0.15) is 11.2 Å². The first-order valence-corrected chi connectivity index (χ1v) is 20.5. The predicted molar refractivity (Wildman–Crippen MR) is 197 cm³/mol. The summed E-state index contributed by atoms with van der Waals surface area (Å²) in [4.78, 5) is 17.5. The minimum atomic E-state index is -7.65. The fraction of sp³-hybridized carbons (Fsp3) is 0.526. The topological polar surface area (TPSA) is 127 Å². The number of hydrogen-bond acceptors (Lipinski definition) is 11. The zero-order chi connectivity index (χ0) is 65.8. The van der Waals surface area contributed by atoms with Crippen LogP contribution in [0.2, 0.25) is 0 Å². The molecule has 0 fully saturated rings. The highest BCUT2D eigenvalue weighted by molar-refractivity contribution is 6.07. The minimum absolute atomic E-state index is 0.502. The highest BCUT2D eigenvalue weighted by atomic mass is 19.5. The van der Waals surface area contributed by atoms with Gasteiger partial charge in [0.05, 0.1) is 0 Å². The minimum Gasteiger partial charge on any atom is -0.457 e. The van der Waals surface area contributed by atoms with Crippen LogP contribution in [0, 0.1) is 0 Å². The number of ether oxygens (including phenoxy) is 4. The Morgan fingerprint density at radius 1 is 0.271 bits per heavy atom. The summed E-state index contributed by atoms with van der Waals surface area (Å²) in [5.41, 5.74) is -3.07. The van der Waals surface area contributed by atoms with Crippen LogP contribution in [-0.4, -0.2) is 152 Å². The zero-order valence-electron chi connectivity index (χ0n) is 38.6. The van der Waals surface area contributed by atoms with E-state index in [1.165, 1.54) is 0 Å². The molecule has 0 radical (unpaired) electrons. The smallest absolute Gasteiger partial charge is 0.457 e. The van der Waals surface area contributed by atoms with Gasteiger partial charge in [0.2, 0.25) is 0 Å². The van der Waals surface area contributed by atoms with E-state index >= 15 is 0 Å². The summed E-state index contributed by atoms with van der Waals surface area (Å²) in [6.07, 6.45) is -29.9. The van der Waals surface area contributed by atoms with Crippen molar-refractivity contribution in [3.05, 3.63) is 36.4 Å². The molecule has 0 bridgehead atoms. The summed E-state index contributed by atoms with van der Waals surface area (Å²) in [6.45, 7) is -13.8. The van der Waals surface area contributed by atoms with Crippen LogP contribution < -0.4 is 18.9 Å². The summed E-state index contributed by atoms with van der Waals surface area (Å²) < 4.78 is 508. The third-order valence-corrected chi connectivity index (χ3v) is 10.5. The molecule has 0 saturated heterocycles.